The van der Waals surface area contributed by atoms with Gasteiger partial charge in [0.15, 0.2) is 0 Å². The Hall–Kier alpha value is -0.0800. The first-order valence-corrected chi connectivity index (χ1v) is 5.44. The average molecular weight is 187 g/mol. The molecule has 0 aliphatic carbocycles. The van der Waals surface area contributed by atoms with Crippen molar-refractivity contribution < 1.29 is 4.74 Å². The van der Waals surface area contributed by atoms with Gasteiger partial charge < -0.3 is 10.5 Å². The van der Waals surface area contributed by atoms with E-state index in [0.29, 0.717) is 12.5 Å². The normalized spacial score (nSPS) is 12.5. The van der Waals surface area contributed by atoms with Crippen LogP contribution in [-0.2, 0) is 4.74 Å². The monoisotopic (exact) mass is 187 g/mol. The zero-order valence-corrected chi connectivity index (χ0v) is 9.60. The molecule has 0 aromatic carbocycles. The molecule has 0 spiro atoms. The van der Waals surface area contributed by atoms with Gasteiger partial charge in [-0.05, 0) is 25.2 Å². The molecule has 0 aliphatic heterocycles. The summed E-state index contributed by atoms with van der Waals surface area (Å²) in [6.45, 7) is 10.2. The van der Waals surface area contributed by atoms with Crippen molar-refractivity contribution in [2.75, 3.05) is 13.2 Å². The van der Waals surface area contributed by atoms with Gasteiger partial charge in [-0.2, -0.15) is 0 Å². The first kappa shape index (κ1) is 12.9. The van der Waals surface area contributed by atoms with Gasteiger partial charge in [-0.25, -0.2) is 0 Å². The van der Waals surface area contributed by atoms with Crippen LogP contribution in [0.1, 0.15) is 47.0 Å². The van der Waals surface area contributed by atoms with Crippen molar-refractivity contribution in [3.8, 4) is 0 Å². The number of rotatable bonds is 7. The molecule has 0 unspecified atom stereocenters. The first-order chi connectivity index (χ1) is 6.10. The van der Waals surface area contributed by atoms with Crippen LogP contribution in [0, 0.1) is 5.92 Å². The largest absolute Gasteiger partial charge is 0.374 e. The van der Waals surface area contributed by atoms with Gasteiger partial charge in [0.1, 0.15) is 0 Å². The van der Waals surface area contributed by atoms with Crippen molar-refractivity contribution >= 4 is 0 Å². The third-order valence-electron chi connectivity index (χ3n) is 2.76. The lowest BCUT2D eigenvalue weighted by Gasteiger charge is -2.30. The highest BCUT2D eigenvalue weighted by molar-refractivity contribution is 4.78. The molecule has 0 saturated heterocycles. The fourth-order valence-electron chi connectivity index (χ4n) is 1.31. The van der Waals surface area contributed by atoms with Crippen LogP contribution in [0.2, 0.25) is 0 Å². The van der Waals surface area contributed by atoms with Crippen LogP contribution >= 0.6 is 0 Å². The lowest BCUT2D eigenvalue weighted by Crippen LogP contribution is -2.40. The smallest absolute Gasteiger partial charge is 0.0798 e. The lowest BCUT2D eigenvalue weighted by atomic mass is 9.97. The van der Waals surface area contributed by atoms with Crippen molar-refractivity contribution in [1.29, 1.82) is 0 Å². The molecule has 0 aromatic heterocycles. The zero-order chi connectivity index (χ0) is 10.3. The van der Waals surface area contributed by atoms with Crippen molar-refractivity contribution in [2.24, 2.45) is 11.7 Å². The van der Waals surface area contributed by atoms with Crippen LogP contribution in [-0.4, -0.2) is 18.8 Å². The molecule has 0 aliphatic rings. The van der Waals surface area contributed by atoms with Gasteiger partial charge >= 0.3 is 0 Å². The molecule has 2 heteroatoms. The average Bonchev–Trinajstić information content (AvgIpc) is 2.13. The molecule has 0 atom stereocenters. The highest BCUT2D eigenvalue weighted by Crippen LogP contribution is 2.19. The van der Waals surface area contributed by atoms with Crippen molar-refractivity contribution in [3.63, 3.8) is 0 Å². The Labute approximate surface area is 82.8 Å². The van der Waals surface area contributed by atoms with Crippen LogP contribution in [0.5, 0.6) is 0 Å². The summed E-state index contributed by atoms with van der Waals surface area (Å²) in [5, 5.41) is 0. The third-order valence-corrected chi connectivity index (χ3v) is 2.76. The predicted octanol–water partition coefficient (Wildman–Crippen LogP) is 2.57. The highest BCUT2D eigenvalue weighted by Gasteiger charge is 2.24. The molecular weight excluding hydrogens is 162 g/mol. The third kappa shape index (κ3) is 4.63. The standard InChI is InChI=1S/C11H25NO/c1-5-11(6-2,9-12)13-8-7-10(3)4/h10H,5-9,12H2,1-4H3. The fraction of sp³-hybridized carbons (Fsp3) is 1.00. The lowest BCUT2D eigenvalue weighted by molar-refractivity contribution is -0.0481. The Kier molecular flexibility index (Phi) is 6.35. The fourth-order valence-corrected chi connectivity index (χ4v) is 1.31. The summed E-state index contributed by atoms with van der Waals surface area (Å²) in [6.07, 6.45) is 3.15. The van der Waals surface area contributed by atoms with E-state index in [-0.39, 0.29) is 5.60 Å². The summed E-state index contributed by atoms with van der Waals surface area (Å²) in [4.78, 5) is 0. The molecule has 2 N–H and O–H groups in total. The zero-order valence-electron chi connectivity index (χ0n) is 9.60. The summed E-state index contributed by atoms with van der Waals surface area (Å²) in [5.41, 5.74) is 5.66. The van der Waals surface area contributed by atoms with E-state index in [1.807, 2.05) is 0 Å². The minimum atomic E-state index is -0.0606. The van der Waals surface area contributed by atoms with E-state index in [2.05, 4.69) is 27.7 Å². The molecule has 0 amide bonds. The molecule has 0 bridgehead atoms. The van der Waals surface area contributed by atoms with Crippen molar-refractivity contribution in [2.45, 2.75) is 52.6 Å². The number of hydrogen-bond acceptors (Lipinski definition) is 2. The van der Waals surface area contributed by atoms with Crippen LogP contribution in [0.3, 0.4) is 0 Å². The second kappa shape index (κ2) is 6.39. The predicted molar refractivity (Wildman–Crippen MR) is 57.8 cm³/mol. The Morgan fingerprint density at radius 2 is 1.77 bits per heavy atom. The van der Waals surface area contributed by atoms with Gasteiger partial charge in [0, 0.05) is 13.2 Å². The minimum Gasteiger partial charge on any atom is -0.374 e. The highest BCUT2D eigenvalue weighted by atomic mass is 16.5. The van der Waals surface area contributed by atoms with Crippen molar-refractivity contribution in [3.05, 3.63) is 0 Å². The minimum absolute atomic E-state index is 0.0606. The Bertz CT molecular complexity index is 111. The number of ether oxygens (including phenoxy) is 1. The maximum Gasteiger partial charge on any atom is 0.0798 e. The SMILES string of the molecule is CCC(CC)(CN)OCCC(C)C. The Morgan fingerprint density at radius 3 is 2.08 bits per heavy atom. The quantitative estimate of drug-likeness (QED) is 0.665. The molecule has 0 heterocycles. The van der Waals surface area contributed by atoms with Crippen LogP contribution < -0.4 is 5.73 Å². The maximum atomic E-state index is 5.86. The summed E-state index contributed by atoms with van der Waals surface area (Å²) in [7, 11) is 0. The summed E-state index contributed by atoms with van der Waals surface area (Å²) in [5.74, 6) is 0.712. The topological polar surface area (TPSA) is 35.2 Å². The van der Waals surface area contributed by atoms with Gasteiger partial charge in [0.2, 0.25) is 0 Å². The van der Waals surface area contributed by atoms with Crippen molar-refractivity contribution in [1.82, 2.24) is 0 Å². The molecular formula is C11H25NO. The summed E-state index contributed by atoms with van der Waals surface area (Å²) < 4.78 is 5.86. The van der Waals surface area contributed by atoms with Gasteiger partial charge in [0.25, 0.3) is 0 Å². The van der Waals surface area contributed by atoms with Gasteiger partial charge in [-0.3, -0.25) is 0 Å². The summed E-state index contributed by atoms with van der Waals surface area (Å²) in [6, 6.07) is 0. The second-order valence-electron chi connectivity index (χ2n) is 4.13. The van der Waals surface area contributed by atoms with Crippen LogP contribution in [0.15, 0.2) is 0 Å². The van der Waals surface area contributed by atoms with E-state index in [0.717, 1.165) is 25.9 Å². The summed E-state index contributed by atoms with van der Waals surface area (Å²) >= 11 is 0. The molecule has 0 radical (unpaired) electrons. The molecule has 13 heavy (non-hydrogen) atoms. The van der Waals surface area contributed by atoms with Crippen LogP contribution in [0.25, 0.3) is 0 Å². The van der Waals surface area contributed by atoms with Crippen LogP contribution in [0.4, 0.5) is 0 Å². The molecule has 0 rings (SSSR count). The van der Waals surface area contributed by atoms with E-state index < -0.39 is 0 Å². The van der Waals surface area contributed by atoms with E-state index >= 15 is 0 Å². The Morgan fingerprint density at radius 1 is 1.23 bits per heavy atom. The Balaban J connectivity index is 3.81. The second-order valence-corrected chi connectivity index (χ2v) is 4.13. The maximum absolute atomic E-state index is 5.86. The van der Waals surface area contributed by atoms with Gasteiger partial charge in [0.05, 0.1) is 5.60 Å². The van der Waals surface area contributed by atoms with Gasteiger partial charge in [-0.1, -0.05) is 27.7 Å². The van der Waals surface area contributed by atoms with E-state index in [1.54, 1.807) is 0 Å². The first-order valence-electron chi connectivity index (χ1n) is 5.44. The molecule has 0 saturated carbocycles. The van der Waals surface area contributed by atoms with E-state index in [4.69, 9.17) is 10.5 Å². The molecule has 2 nitrogen and oxygen atoms in total. The molecule has 80 valence electrons. The number of hydrogen-bond donors (Lipinski definition) is 1. The molecule has 0 fully saturated rings. The van der Waals surface area contributed by atoms with Gasteiger partial charge in [-0.15, -0.1) is 0 Å². The van der Waals surface area contributed by atoms with E-state index in [1.165, 1.54) is 0 Å². The molecule has 0 aromatic rings. The van der Waals surface area contributed by atoms with E-state index in [9.17, 15) is 0 Å². The number of nitrogens with two attached hydrogens (primary N) is 1.